The lowest BCUT2D eigenvalue weighted by Crippen LogP contribution is -2.52. The first-order valence-corrected chi connectivity index (χ1v) is 16.4. The lowest BCUT2D eigenvalue weighted by molar-refractivity contribution is -0.139. The molecule has 1 aliphatic rings. The molecule has 224 valence electrons. The largest absolute Gasteiger partial charge is 0.352 e. The van der Waals surface area contributed by atoms with Gasteiger partial charge in [0.2, 0.25) is 11.8 Å². The molecule has 0 aliphatic heterocycles. The van der Waals surface area contributed by atoms with E-state index in [0.29, 0.717) is 21.3 Å². The van der Waals surface area contributed by atoms with Gasteiger partial charge >= 0.3 is 0 Å². The zero-order valence-corrected chi connectivity index (χ0v) is 26.4. The van der Waals surface area contributed by atoms with Crippen LogP contribution in [-0.2, 0) is 26.2 Å². The summed E-state index contributed by atoms with van der Waals surface area (Å²) in [6.45, 7) is 5.31. The first-order chi connectivity index (χ1) is 20.0. The minimum atomic E-state index is -4.12. The number of benzene rings is 3. The number of carbonyl (C=O) groups is 2. The zero-order valence-electron chi connectivity index (χ0n) is 24.1. The molecular weight excluding hydrogens is 593 g/mol. The van der Waals surface area contributed by atoms with Gasteiger partial charge in [-0.15, -0.1) is 0 Å². The molecule has 3 aromatic rings. The van der Waals surface area contributed by atoms with E-state index in [-0.39, 0.29) is 29.3 Å². The number of amides is 2. The summed E-state index contributed by atoms with van der Waals surface area (Å²) in [6, 6.07) is 19.4. The van der Waals surface area contributed by atoms with E-state index >= 15 is 0 Å². The number of sulfonamides is 1. The maximum absolute atomic E-state index is 14.1. The number of hydrogen-bond donors (Lipinski definition) is 1. The van der Waals surface area contributed by atoms with Gasteiger partial charge in [-0.3, -0.25) is 13.9 Å². The van der Waals surface area contributed by atoms with Crippen molar-refractivity contribution < 1.29 is 18.0 Å². The van der Waals surface area contributed by atoms with Crippen LogP contribution >= 0.6 is 23.2 Å². The number of nitrogens with zero attached hydrogens (tertiary/aromatic N) is 2. The Kier molecular flexibility index (Phi) is 10.6. The van der Waals surface area contributed by atoms with Crippen LogP contribution in [0.2, 0.25) is 10.0 Å². The van der Waals surface area contributed by atoms with E-state index in [1.165, 1.54) is 17.0 Å². The third-order valence-electron chi connectivity index (χ3n) is 7.66. The van der Waals surface area contributed by atoms with Crippen LogP contribution in [-0.4, -0.2) is 43.8 Å². The summed E-state index contributed by atoms with van der Waals surface area (Å²) < 4.78 is 29.0. The van der Waals surface area contributed by atoms with Gasteiger partial charge < -0.3 is 10.2 Å². The number of halogens is 2. The maximum atomic E-state index is 14.1. The molecule has 3 aromatic carbocycles. The molecule has 4 rings (SSSR count). The fourth-order valence-electron chi connectivity index (χ4n) is 5.08. The highest BCUT2D eigenvalue weighted by Gasteiger charge is 2.33. The summed E-state index contributed by atoms with van der Waals surface area (Å²) in [5.41, 5.74) is 2.06. The summed E-state index contributed by atoms with van der Waals surface area (Å²) in [7, 11) is -4.12. The monoisotopic (exact) mass is 629 g/mol. The lowest BCUT2D eigenvalue weighted by atomic mass is 10.0. The Bertz CT molecular complexity index is 1490. The molecule has 0 saturated heterocycles. The summed E-state index contributed by atoms with van der Waals surface area (Å²) >= 11 is 12.4. The van der Waals surface area contributed by atoms with Crippen LogP contribution in [0, 0.1) is 0 Å². The van der Waals surface area contributed by atoms with Crippen molar-refractivity contribution in [3.63, 3.8) is 0 Å². The zero-order chi connectivity index (χ0) is 30.4. The number of carbonyl (C=O) groups excluding carboxylic acids is 2. The smallest absolute Gasteiger partial charge is 0.264 e. The van der Waals surface area contributed by atoms with Gasteiger partial charge in [0.1, 0.15) is 12.6 Å². The minimum Gasteiger partial charge on any atom is -0.352 e. The molecule has 1 N–H and O–H groups in total. The van der Waals surface area contributed by atoms with Crippen LogP contribution in [0.25, 0.3) is 0 Å². The summed E-state index contributed by atoms with van der Waals surface area (Å²) in [5.74, 6) is -0.558. The molecule has 10 heteroatoms. The first-order valence-electron chi connectivity index (χ1n) is 14.2. The third kappa shape index (κ3) is 7.65. The number of hydrogen-bond acceptors (Lipinski definition) is 4. The minimum absolute atomic E-state index is 0.0422. The average Bonchev–Trinajstić information content (AvgIpc) is 3.49. The summed E-state index contributed by atoms with van der Waals surface area (Å²) in [6.07, 6.45) is 3.89. The van der Waals surface area contributed by atoms with Crippen molar-refractivity contribution >= 4 is 50.7 Å². The van der Waals surface area contributed by atoms with Crippen molar-refractivity contribution in [2.24, 2.45) is 0 Å². The Labute approximate surface area is 258 Å². The topological polar surface area (TPSA) is 86.8 Å². The molecular formula is C32H37Cl2N3O4S. The predicted molar refractivity (Wildman–Crippen MR) is 168 cm³/mol. The van der Waals surface area contributed by atoms with Gasteiger partial charge in [0.15, 0.2) is 0 Å². The van der Waals surface area contributed by atoms with Crippen LogP contribution in [0.3, 0.4) is 0 Å². The highest BCUT2D eigenvalue weighted by Crippen LogP contribution is 2.28. The maximum Gasteiger partial charge on any atom is 0.264 e. The van der Waals surface area contributed by atoms with E-state index in [1.807, 2.05) is 12.1 Å². The Hall–Kier alpha value is -3.07. The first kappa shape index (κ1) is 31.9. The van der Waals surface area contributed by atoms with Crippen molar-refractivity contribution in [1.29, 1.82) is 0 Å². The highest BCUT2D eigenvalue weighted by atomic mass is 35.5. The predicted octanol–water partition coefficient (Wildman–Crippen LogP) is 6.79. The number of rotatable bonds is 11. The Balaban J connectivity index is 1.70. The molecule has 2 amide bonds. The summed E-state index contributed by atoms with van der Waals surface area (Å²) in [4.78, 5) is 28.9. The van der Waals surface area contributed by atoms with Crippen molar-refractivity contribution in [3.8, 4) is 0 Å². The van der Waals surface area contributed by atoms with Crippen LogP contribution in [0.15, 0.2) is 77.7 Å². The van der Waals surface area contributed by atoms with Crippen LogP contribution in [0.4, 0.5) is 5.69 Å². The van der Waals surface area contributed by atoms with Gasteiger partial charge in [-0.2, -0.15) is 0 Å². The van der Waals surface area contributed by atoms with Crippen molar-refractivity contribution in [3.05, 3.63) is 94.0 Å². The molecule has 42 heavy (non-hydrogen) atoms. The normalized spacial score (nSPS) is 14.5. The average molecular weight is 631 g/mol. The van der Waals surface area contributed by atoms with Crippen LogP contribution in [0.5, 0.6) is 0 Å². The Morgan fingerprint density at radius 1 is 0.905 bits per heavy atom. The summed E-state index contributed by atoms with van der Waals surface area (Å²) in [5, 5.41) is 3.76. The highest BCUT2D eigenvalue weighted by molar-refractivity contribution is 7.92. The van der Waals surface area contributed by atoms with Gasteiger partial charge in [0.25, 0.3) is 10.0 Å². The third-order valence-corrected chi connectivity index (χ3v) is 10.2. The van der Waals surface area contributed by atoms with E-state index in [9.17, 15) is 18.0 Å². The number of nitrogens with one attached hydrogen (secondary N) is 1. The van der Waals surface area contributed by atoms with Gasteiger partial charge in [-0.1, -0.05) is 86.3 Å². The second-order valence-electron chi connectivity index (χ2n) is 11.0. The molecule has 0 aromatic heterocycles. The molecule has 0 bridgehead atoms. The molecule has 7 nitrogen and oxygen atoms in total. The van der Waals surface area contributed by atoms with Gasteiger partial charge in [-0.05, 0) is 73.2 Å². The van der Waals surface area contributed by atoms with E-state index in [1.54, 1.807) is 55.5 Å². The molecule has 0 spiro atoms. The molecule has 1 aliphatic carbocycles. The Morgan fingerprint density at radius 3 is 2.14 bits per heavy atom. The molecule has 0 heterocycles. The fraction of sp³-hybridized carbons (Fsp3) is 0.375. The standard InChI is InChI=1S/C32H37Cl2N3O4S/c1-22(2)25-14-16-27(17-15-25)37(42(40,41)28-11-5-4-6-12-28)21-31(38)36(20-24-13-18-29(33)30(34)19-24)23(3)32(39)35-26-9-7-8-10-26/h4-6,11-19,22-23,26H,7-10,20-21H2,1-3H3,(H,35,39)/t23-/m1/s1. The molecule has 1 fully saturated rings. The van der Waals surface area contributed by atoms with E-state index in [0.717, 1.165) is 35.6 Å². The second kappa shape index (κ2) is 13.9. The van der Waals surface area contributed by atoms with Gasteiger partial charge in [0, 0.05) is 12.6 Å². The SMILES string of the molecule is CC(C)c1ccc(N(CC(=O)N(Cc2ccc(Cl)c(Cl)c2)[C@H](C)C(=O)NC2CCCC2)S(=O)(=O)c2ccccc2)cc1. The van der Waals surface area contributed by atoms with Crippen molar-refractivity contribution in [2.45, 2.75) is 75.9 Å². The van der Waals surface area contributed by atoms with Crippen LogP contribution < -0.4 is 9.62 Å². The quantitative estimate of drug-likeness (QED) is 0.253. The van der Waals surface area contributed by atoms with E-state index in [4.69, 9.17) is 23.2 Å². The number of anilines is 1. The lowest BCUT2D eigenvalue weighted by Gasteiger charge is -2.32. The fourth-order valence-corrected chi connectivity index (χ4v) is 6.84. The second-order valence-corrected chi connectivity index (χ2v) is 13.7. The van der Waals surface area contributed by atoms with Gasteiger partial charge in [0.05, 0.1) is 20.6 Å². The molecule has 1 saturated carbocycles. The van der Waals surface area contributed by atoms with Crippen LogP contribution in [0.1, 0.15) is 63.5 Å². The van der Waals surface area contributed by atoms with Crippen molar-refractivity contribution in [2.75, 3.05) is 10.8 Å². The van der Waals surface area contributed by atoms with E-state index in [2.05, 4.69) is 19.2 Å². The molecule has 0 unspecified atom stereocenters. The molecule has 1 atom stereocenters. The Morgan fingerprint density at radius 2 is 1.55 bits per heavy atom. The van der Waals surface area contributed by atoms with E-state index < -0.39 is 28.5 Å². The molecule has 0 radical (unpaired) electrons. The van der Waals surface area contributed by atoms with Gasteiger partial charge in [-0.25, -0.2) is 8.42 Å². The van der Waals surface area contributed by atoms with Crippen molar-refractivity contribution in [1.82, 2.24) is 10.2 Å².